The van der Waals surface area contributed by atoms with Crippen LogP contribution in [-0.4, -0.2) is 72.2 Å². The lowest BCUT2D eigenvalue weighted by Gasteiger charge is -2.11. The first-order valence-electron chi connectivity index (χ1n) is 14.2. The van der Waals surface area contributed by atoms with Gasteiger partial charge in [-0.05, 0) is 74.1 Å². The quantitative estimate of drug-likeness (QED) is 0.193. The van der Waals surface area contributed by atoms with Gasteiger partial charge in [0.2, 0.25) is 11.8 Å². The molecule has 0 fully saturated rings. The molecule has 0 unspecified atom stereocenters. The highest BCUT2D eigenvalue weighted by Crippen LogP contribution is 2.23. The van der Waals surface area contributed by atoms with Crippen molar-refractivity contribution in [1.82, 2.24) is 19.8 Å². The lowest BCUT2D eigenvalue weighted by atomic mass is 10.1. The zero-order valence-corrected chi connectivity index (χ0v) is 25.4. The zero-order valence-electron chi connectivity index (χ0n) is 25.4. The molecule has 44 heavy (non-hydrogen) atoms. The Morgan fingerprint density at radius 1 is 0.795 bits per heavy atom. The van der Waals surface area contributed by atoms with Crippen LogP contribution in [0.3, 0.4) is 0 Å². The van der Waals surface area contributed by atoms with Gasteiger partial charge in [-0.3, -0.25) is 19.4 Å². The van der Waals surface area contributed by atoms with E-state index in [0.717, 1.165) is 16.7 Å². The minimum absolute atomic E-state index is 0.0436. The molecule has 0 aliphatic carbocycles. The molecule has 0 aliphatic rings. The molecule has 4 aromatic rings. The Balaban J connectivity index is 1.28. The van der Waals surface area contributed by atoms with Gasteiger partial charge in [0, 0.05) is 56.1 Å². The molecule has 0 atom stereocenters. The SMILES string of the molecule is CN(C)CC=CC(=O)Nc1cccc(CCC(=O)Nc2cncc(Nc3ccc(-c4ccc(C(=O)N(C)C)cc4)cn3)c2)c1. The largest absolute Gasteiger partial charge is 0.345 e. The Hall–Kier alpha value is -5.35. The number of aryl methyl sites for hydroxylation is 1. The molecular formula is C34H37N7O3. The van der Waals surface area contributed by atoms with Gasteiger partial charge in [-0.1, -0.05) is 30.3 Å². The summed E-state index contributed by atoms with van der Waals surface area (Å²) in [7, 11) is 7.32. The number of nitrogens with zero attached hydrogens (tertiary/aromatic N) is 4. The van der Waals surface area contributed by atoms with Crippen LogP contribution in [0.5, 0.6) is 0 Å². The summed E-state index contributed by atoms with van der Waals surface area (Å²) in [5, 5.41) is 8.96. The van der Waals surface area contributed by atoms with E-state index in [0.29, 0.717) is 41.4 Å². The molecule has 0 spiro atoms. The molecule has 0 saturated heterocycles. The molecule has 2 aromatic heterocycles. The van der Waals surface area contributed by atoms with Gasteiger partial charge in [-0.2, -0.15) is 0 Å². The molecule has 2 aromatic carbocycles. The lowest BCUT2D eigenvalue weighted by Crippen LogP contribution is -2.21. The maximum absolute atomic E-state index is 12.7. The second kappa shape index (κ2) is 15.2. The van der Waals surface area contributed by atoms with Crippen molar-refractivity contribution >= 4 is 40.6 Å². The second-order valence-electron chi connectivity index (χ2n) is 10.7. The summed E-state index contributed by atoms with van der Waals surface area (Å²) in [6, 6.07) is 20.5. The second-order valence-corrected chi connectivity index (χ2v) is 10.7. The van der Waals surface area contributed by atoms with Crippen molar-refractivity contribution in [2.75, 3.05) is 50.7 Å². The normalized spacial score (nSPS) is 10.9. The summed E-state index contributed by atoms with van der Waals surface area (Å²) in [4.78, 5) is 49.2. The Labute approximate surface area is 257 Å². The molecule has 0 bridgehead atoms. The molecule has 3 N–H and O–H groups in total. The highest BCUT2D eigenvalue weighted by atomic mass is 16.2. The van der Waals surface area contributed by atoms with Crippen molar-refractivity contribution in [3.8, 4) is 11.1 Å². The first-order chi connectivity index (χ1) is 21.2. The number of hydrogen-bond acceptors (Lipinski definition) is 7. The number of aromatic nitrogens is 2. The number of carbonyl (C=O) groups excluding carboxylic acids is 3. The van der Waals surface area contributed by atoms with Crippen LogP contribution in [0.1, 0.15) is 22.3 Å². The van der Waals surface area contributed by atoms with E-state index >= 15 is 0 Å². The number of amides is 3. The predicted octanol–water partition coefficient (Wildman–Crippen LogP) is 5.22. The van der Waals surface area contributed by atoms with Gasteiger partial charge in [0.1, 0.15) is 5.82 Å². The molecular weight excluding hydrogens is 554 g/mol. The third-order valence-corrected chi connectivity index (χ3v) is 6.50. The third-order valence-electron chi connectivity index (χ3n) is 6.50. The number of anilines is 4. The summed E-state index contributed by atoms with van der Waals surface area (Å²) >= 11 is 0. The van der Waals surface area contributed by atoms with Gasteiger partial charge in [0.15, 0.2) is 0 Å². The smallest absolute Gasteiger partial charge is 0.253 e. The van der Waals surface area contributed by atoms with Crippen LogP contribution < -0.4 is 16.0 Å². The van der Waals surface area contributed by atoms with E-state index in [4.69, 9.17) is 0 Å². The van der Waals surface area contributed by atoms with E-state index < -0.39 is 0 Å². The minimum atomic E-state index is -0.196. The van der Waals surface area contributed by atoms with Crippen LogP contribution in [0.2, 0.25) is 0 Å². The maximum atomic E-state index is 12.7. The Bertz CT molecular complexity index is 1610. The number of rotatable bonds is 12. The van der Waals surface area contributed by atoms with Gasteiger partial charge in [-0.25, -0.2) is 4.98 Å². The van der Waals surface area contributed by atoms with Crippen molar-refractivity contribution in [2.24, 2.45) is 0 Å². The van der Waals surface area contributed by atoms with Crippen molar-refractivity contribution in [2.45, 2.75) is 12.8 Å². The fourth-order valence-corrected chi connectivity index (χ4v) is 4.27. The minimum Gasteiger partial charge on any atom is -0.345 e. The molecule has 0 radical (unpaired) electrons. The Morgan fingerprint density at radius 2 is 1.55 bits per heavy atom. The highest BCUT2D eigenvalue weighted by molar-refractivity contribution is 5.99. The summed E-state index contributed by atoms with van der Waals surface area (Å²) in [5.74, 6) is 0.236. The summed E-state index contributed by atoms with van der Waals surface area (Å²) in [5.41, 5.74) is 5.37. The molecule has 10 heteroatoms. The van der Waals surface area contributed by atoms with Crippen molar-refractivity contribution in [3.05, 3.63) is 109 Å². The molecule has 10 nitrogen and oxygen atoms in total. The highest BCUT2D eigenvalue weighted by Gasteiger charge is 2.09. The number of carbonyl (C=O) groups is 3. The first-order valence-corrected chi connectivity index (χ1v) is 14.2. The molecule has 0 aliphatic heterocycles. The Morgan fingerprint density at radius 3 is 2.25 bits per heavy atom. The molecule has 226 valence electrons. The molecule has 0 saturated carbocycles. The van der Waals surface area contributed by atoms with E-state index in [1.54, 1.807) is 61.9 Å². The lowest BCUT2D eigenvalue weighted by molar-refractivity contribution is -0.116. The fourth-order valence-electron chi connectivity index (χ4n) is 4.27. The predicted molar refractivity (Wildman–Crippen MR) is 175 cm³/mol. The molecule has 2 heterocycles. The van der Waals surface area contributed by atoms with E-state index in [1.807, 2.05) is 67.5 Å². The molecule has 4 rings (SSSR count). The van der Waals surface area contributed by atoms with Crippen molar-refractivity contribution < 1.29 is 14.4 Å². The van der Waals surface area contributed by atoms with Crippen LogP contribution in [0, 0.1) is 0 Å². The van der Waals surface area contributed by atoms with Gasteiger partial charge < -0.3 is 25.8 Å². The Kier molecular flexibility index (Phi) is 10.9. The molecule has 3 amide bonds. The van der Waals surface area contributed by atoms with E-state index in [-0.39, 0.29) is 24.1 Å². The number of nitrogens with one attached hydrogen (secondary N) is 3. The summed E-state index contributed by atoms with van der Waals surface area (Å²) in [6.07, 6.45) is 9.10. The maximum Gasteiger partial charge on any atom is 0.253 e. The number of benzene rings is 2. The zero-order chi connectivity index (χ0) is 31.5. The van der Waals surface area contributed by atoms with E-state index in [9.17, 15) is 14.4 Å². The average molecular weight is 592 g/mol. The van der Waals surface area contributed by atoms with Crippen molar-refractivity contribution in [3.63, 3.8) is 0 Å². The number of hydrogen-bond donors (Lipinski definition) is 3. The van der Waals surface area contributed by atoms with Crippen LogP contribution in [0.25, 0.3) is 11.1 Å². The van der Waals surface area contributed by atoms with Crippen LogP contribution in [0.4, 0.5) is 22.9 Å². The van der Waals surface area contributed by atoms with E-state index in [2.05, 4.69) is 25.9 Å². The van der Waals surface area contributed by atoms with Gasteiger partial charge in [-0.15, -0.1) is 0 Å². The fraction of sp³-hybridized carbons (Fsp3) is 0.206. The monoisotopic (exact) mass is 591 g/mol. The van der Waals surface area contributed by atoms with Crippen LogP contribution in [-0.2, 0) is 16.0 Å². The third kappa shape index (κ3) is 9.60. The van der Waals surface area contributed by atoms with Gasteiger partial charge in [0.05, 0.1) is 23.8 Å². The number of likely N-dealkylation sites (N-methyl/N-ethyl adjacent to an activating group) is 1. The van der Waals surface area contributed by atoms with Gasteiger partial charge >= 0.3 is 0 Å². The average Bonchev–Trinajstić information content (AvgIpc) is 3.00. The van der Waals surface area contributed by atoms with E-state index in [1.165, 1.54) is 6.08 Å². The van der Waals surface area contributed by atoms with Crippen LogP contribution in [0.15, 0.2) is 97.5 Å². The summed E-state index contributed by atoms with van der Waals surface area (Å²) < 4.78 is 0. The number of pyridine rings is 2. The van der Waals surface area contributed by atoms with Gasteiger partial charge in [0.25, 0.3) is 5.91 Å². The van der Waals surface area contributed by atoms with Crippen LogP contribution >= 0.6 is 0 Å². The topological polar surface area (TPSA) is 120 Å². The first kappa shape index (κ1) is 31.6. The standard InChI is InChI=1S/C34H37N7O3/c1-40(2)18-6-9-32(42)38-28-8-5-7-24(19-28)10-17-33(43)39-30-20-29(22-35-23-30)37-31-16-15-27(21-36-31)25-11-13-26(14-12-25)34(44)41(3)4/h5-9,11-16,19-23H,10,17-18H2,1-4H3,(H,36,37)(H,38,42)(H,39,43). The summed E-state index contributed by atoms with van der Waals surface area (Å²) in [6.45, 7) is 0.680. The van der Waals surface area contributed by atoms with Crippen molar-refractivity contribution in [1.29, 1.82) is 0 Å².